The lowest BCUT2D eigenvalue weighted by molar-refractivity contribution is 0.108. The van der Waals surface area contributed by atoms with E-state index in [1.54, 1.807) is 7.11 Å². The number of hydrogen-bond acceptors (Lipinski definition) is 2. The molecule has 2 heteroatoms. The highest BCUT2D eigenvalue weighted by Crippen LogP contribution is 2.30. The second kappa shape index (κ2) is 5.54. The quantitative estimate of drug-likeness (QED) is 0.870. The van der Waals surface area contributed by atoms with Crippen LogP contribution in [-0.4, -0.2) is 18.3 Å². The largest absolute Gasteiger partial charge is 0.496 e. The maximum atomic E-state index is 9.51. The number of rotatable bonds is 3. The smallest absolute Gasteiger partial charge is 0.122 e. The third-order valence-electron chi connectivity index (χ3n) is 3.76. The summed E-state index contributed by atoms with van der Waals surface area (Å²) >= 11 is 0. The van der Waals surface area contributed by atoms with E-state index >= 15 is 0 Å². The van der Waals surface area contributed by atoms with Crippen molar-refractivity contribution in [1.82, 2.24) is 0 Å². The van der Waals surface area contributed by atoms with E-state index in [1.165, 1.54) is 11.1 Å². The molecule has 0 aromatic heterocycles. The fourth-order valence-electron chi connectivity index (χ4n) is 2.73. The molecule has 0 amide bonds. The van der Waals surface area contributed by atoms with Crippen molar-refractivity contribution >= 4 is 0 Å². The molecule has 0 aliphatic heterocycles. The van der Waals surface area contributed by atoms with Crippen molar-refractivity contribution in [2.24, 2.45) is 5.92 Å². The van der Waals surface area contributed by atoms with Crippen molar-refractivity contribution in [3.05, 3.63) is 29.3 Å². The van der Waals surface area contributed by atoms with Crippen molar-refractivity contribution in [2.45, 2.75) is 45.1 Å². The fraction of sp³-hybridized carbons (Fsp3) is 0.600. The van der Waals surface area contributed by atoms with Gasteiger partial charge in [-0.25, -0.2) is 0 Å². The second-order valence-corrected chi connectivity index (χ2v) is 5.19. The highest BCUT2D eigenvalue weighted by Gasteiger charge is 2.20. The molecule has 0 unspecified atom stereocenters. The molecular formula is C15H22O2. The summed E-state index contributed by atoms with van der Waals surface area (Å²) in [5, 5.41) is 9.51. The Labute approximate surface area is 104 Å². The summed E-state index contributed by atoms with van der Waals surface area (Å²) in [6, 6.07) is 6.37. The van der Waals surface area contributed by atoms with Crippen molar-refractivity contribution < 1.29 is 9.84 Å². The zero-order valence-corrected chi connectivity index (χ0v) is 10.8. The Morgan fingerprint density at radius 3 is 2.59 bits per heavy atom. The van der Waals surface area contributed by atoms with E-state index in [4.69, 9.17) is 4.74 Å². The van der Waals surface area contributed by atoms with Crippen LogP contribution in [0.25, 0.3) is 0 Å². The van der Waals surface area contributed by atoms with Gasteiger partial charge in [0.2, 0.25) is 0 Å². The van der Waals surface area contributed by atoms with Crippen molar-refractivity contribution in [1.29, 1.82) is 0 Å². The molecule has 0 saturated heterocycles. The molecule has 0 spiro atoms. The molecule has 17 heavy (non-hydrogen) atoms. The molecule has 1 aliphatic carbocycles. The van der Waals surface area contributed by atoms with Crippen LogP contribution in [0.5, 0.6) is 5.75 Å². The van der Waals surface area contributed by atoms with Crippen LogP contribution in [0.4, 0.5) is 0 Å². The molecule has 1 aromatic rings. The first-order valence-corrected chi connectivity index (χ1v) is 6.50. The van der Waals surface area contributed by atoms with Crippen molar-refractivity contribution in [3.63, 3.8) is 0 Å². The molecule has 1 saturated carbocycles. The minimum Gasteiger partial charge on any atom is -0.496 e. The van der Waals surface area contributed by atoms with Crippen molar-refractivity contribution in [3.8, 4) is 5.75 Å². The lowest BCUT2D eigenvalue weighted by atomic mass is 9.83. The summed E-state index contributed by atoms with van der Waals surface area (Å²) in [6.07, 6.45) is 5.21. The number of aliphatic hydroxyl groups is 1. The number of methoxy groups -OCH3 is 1. The van der Waals surface area contributed by atoms with Gasteiger partial charge in [-0.05, 0) is 56.6 Å². The third kappa shape index (κ3) is 3.22. The molecule has 0 radical (unpaired) electrons. The summed E-state index contributed by atoms with van der Waals surface area (Å²) in [6.45, 7) is 2.12. The molecular weight excluding hydrogens is 212 g/mol. The fourth-order valence-corrected chi connectivity index (χ4v) is 2.73. The molecule has 94 valence electrons. The van der Waals surface area contributed by atoms with Gasteiger partial charge in [-0.15, -0.1) is 0 Å². The van der Waals surface area contributed by atoms with E-state index < -0.39 is 0 Å². The minimum absolute atomic E-state index is 0.0642. The van der Waals surface area contributed by atoms with Crippen LogP contribution in [0.1, 0.15) is 36.8 Å². The standard InChI is InChI=1S/C15H22O2/c1-11-3-8-15(17-2)13(9-11)10-12-4-6-14(16)7-5-12/h3,8-9,12,14,16H,4-7,10H2,1-2H3. The van der Waals surface area contributed by atoms with Gasteiger partial charge in [-0.2, -0.15) is 0 Å². The van der Waals surface area contributed by atoms with Crippen LogP contribution < -0.4 is 4.74 Å². The molecule has 1 aliphatic rings. The maximum Gasteiger partial charge on any atom is 0.122 e. The molecule has 0 bridgehead atoms. The minimum atomic E-state index is -0.0642. The molecule has 1 aromatic carbocycles. The first-order valence-electron chi connectivity index (χ1n) is 6.50. The summed E-state index contributed by atoms with van der Waals surface area (Å²) in [5.41, 5.74) is 2.60. The number of aliphatic hydroxyl groups excluding tert-OH is 1. The summed E-state index contributed by atoms with van der Waals surface area (Å²) < 4.78 is 5.41. The molecule has 1 fully saturated rings. The van der Waals surface area contributed by atoms with Crippen LogP contribution in [-0.2, 0) is 6.42 Å². The first-order chi connectivity index (χ1) is 8.19. The highest BCUT2D eigenvalue weighted by atomic mass is 16.5. The Morgan fingerprint density at radius 2 is 1.94 bits per heavy atom. The van der Waals surface area contributed by atoms with E-state index in [0.29, 0.717) is 5.92 Å². The van der Waals surface area contributed by atoms with E-state index in [9.17, 15) is 5.11 Å². The topological polar surface area (TPSA) is 29.5 Å². The van der Waals surface area contributed by atoms with Gasteiger partial charge in [0.25, 0.3) is 0 Å². The normalized spacial score (nSPS) is 24.6. The van der Waals surface area contributed by atoms with E-state index in [-0.39, 0.29) is 6.10 Å². The van der Waals surface area contributed by atoms with E-state index in [1.807, 2.05) is 0 Å². The first kappa shape index (κ1) is 12.4. The van der Waals surface area contributed by atoms with Crippen LogP contribution >= 0.6 is 0 Å². The Bertz CT molecular complexity index is 365. The van der Waals surface area contributed by atoms with Crippen LogP contribution in [0.3, 0.4) is 0 Å². The highest BCUT2D eigenvalue weighted by molar-refractivity contribution is 5.37. The lowest BCUT2D eigenvalue weighted by Gasteiger charge is -2.26. The summed E-state index contributed by atoms with van der Waals surface area (Å²) in [4.78, 5) is 0. The van der Waals surface area contributed by atoms with E-state index in [2.05, 4.69) is 25.1 Å². The number of benzene rings is 1. The number of aryl methyl sites for hydroxylation is 1. The molecule has 0 atom stereocenters. The zero-order chi connectivity index (χ0) is 12.3. The van der Waals surface area contributed by atoms with Gasteiger partial charge in [0, 0.05) is 0 Å². The Kier molecular flexibility index (Phi) is 4.06. The van der Waals surface area contributed by atoms with Gasteiger partial charge in [0.1, 0.15) is 5.75 Å². The monoisotopic (exact) mass is 234 g/mol. The maximum absolute atomic E-state index is 9.51. The molecule has 0 heterocycles. The Hall–Kier alpha value is -1.02. The predicted molar refractivity (Wildman–Crippen MR) is 69.4 cm³/mol. The molecule has 2 rings (SSSR count). The zero-order valence-electron chi connectivity index (χ0n) is 10.8. The summed E-state index contributed by atoms with van der Waals surface area (Å²) in [5.74, 6) is 1.70. The molecule has 2 nitrogen and oxygen atoms in total. The number of ether oxygens (including phenoxy) is 1. The Balaban J connectivity index is 2.04. The molecule has 1 N–H and O–H groups in total. The average Bonchev–Trinajstić information content (AvgIpc) is 2.32. The third-order valence-corrected chi connectivity index (χ3v) is 3.76. The van der Waals surface area contributed by atoms with Crippen molar-refractivity contribution in [2.75, 3.05) is 7.11 Å². The lowest BCUT2D eigenvalue weighted by Crippen LogP contribution is -2.19. The van der Waals surface area contributed by atoms with Crippen LogP contribution in [0.15, 0.2) is 18.2 Å². The van der Waals surface area contributed by atoms with Crippen LogP contribution in [0.2, 0.25) is 0 Å². The van der Waals surface area contributed by atoms with Gasteiger partial charge in [-0.1, -0.05) is 17.7 Å². The van der Waals surface area contributed by atoms with Crippen LogP contribution in [0, 0.1) is 12.8 Å². The SMILES string of the molecule is COc1ccc(C)cc1CC1CCC(O)CC1. The van der Waals surface area contributed by atoms with Gasteiger partial charge in [0.15, 0.2) is 0 Å². The Morgan fingerprint density at radius 1 is 1.24 bits per heavy atom. The number of hydrogen-bond donors (Lipinski definition) is 1. The predicted octanol–water partition coefficient (Wildman–Crippen LogP) is 3.10. The van der Waals surface area contributed by atoms with E-state index in [0.717, 1.165) is 37.9 Å². The van der Waals surface area contributed by atoms with Gasteiger partial charge in [0.05, 0.1) is 13.2 Å². The van der Waals surface area contributed by atoms with Gasteiger partial charge < -0.3 is 9.84 Å². The van der Waals surface area contributed by atoms with Gasteiger partial charge >= 0.3 is 0 Å². The summed E-state index contributed by atoms with van der Waals surface area (Å²) in [7, 11) is 1.73. The average molecular weight is 234 g/mol. The second-order valence-electron chi connectivity index (χ2n) is 5.19. The van der Waals surface area contributed by atoms with Gasteiger partial charge in [-0.3, -0.25) is 0 Å².